The minimum absolute atomic E-state index is 0.0244. The number of carbonyl (C=O) groups is 1. The molecule has 1 aliphatic carbocycles. The molecule has 7 heteroatoms. The van der Waals surface area contributed by atoms with Gasteiger partial charge in [0.2, 0.25) is 0 Å². The molecule has 1 aromatic heterocycles. The molecule has 2 saturated heterocycles. The van der Waals surface area contributed by atoms with E-state index in [-0.39, 0.29) is 5.91 Å². The van der Waals surface area contributed by atoms with Gasteiger partial charge in [-0.05, 0) is 25.7 Å². The number of fused-ring (bicyclic) bond motifs is 1. The van der Waals surface area contributed by atoms with Crippen LogP contribution in [0.15, 0.2) is 0 Å². The van der Waals surface area contributed by atoms with E-state index in [9.17, 15) is 4.79 Å². The Bertz CT molecular complexity index is 578. The first-order valence-corrected chi connectivity index (χ1v) is 8.55. The molecule has 3 aliphatic rings. The maximum atomic E-state index is 13.0. The molecule has 0 radical (unpaired) electrons. The fourth-order valence-electron chi connectivity index (χ4n) is 3.79. The van der Waals surface area contributed by atoms with Gasteiger partial charge in [0, 0.05) is 30.9 Å². The van der Waals surface area contributed by atoms with Crippen LogP contribution < -0.4 is 5.32 Å². The van der Waals surface area contributed by atoms with E-state index in [1.165, 1.54) is 6.42 Å². The number of hydrogen-bond acceptors (Lipinski definition) is 5. The van der Waals surface area contributed by atoms with Crippen molar-refractivity contribution in [1.29, 1.82) is 0 Å². The van der Waals surface area contributed by atoms with Gasteiger partial charge >= 0.3 is 0 Å². The number of carbonyl (C=O) groups excluding carboxylic acids is 1. The number of aromatic nitrogens is 2. The SMILES string of the molecule is O=C(c1n[nH]c2c1CCCC2)N1CCOC2(CNCCOC2)C1. The summed E-state index contributed by atoms with van der Waals surface area (Å²) in [6, 6.07) is 0. The summed E-state index contributed by atoms with van der Waals surface area (Å²) in [5.74, 6) is 0.0244. The molecule has 7 nitrogen and oxygen atoms in total. The number of aryl methyl sites for hydroxylation is 1. The molecule has 0 saturated carbocycles. The fourth-order valence-corrected chi connectivity index (χ4v) is 3.79. The van der Waals surface area contributed by atoms with Gasteiger partial charge in [0.05, 0.1) is 26.4 Å². The summed E-state index contributed by atoms with van der Waals surface area (Å²) >= 11 is 0. The van der Waals surface area contributed by atoms with E-state index in [0.29, 0.717) is 38.6 Å². The van der Waals surface area contributed by atoms with Crippen LogP contribution in [0.1, 0.15) is 34.6 Å². The molecular weight excluding hydrogens is 296 g/mol. The normalized spacial score (nSPS) is 28.4. The second kappa shape index (κ2) is 6.22. The first-order chi connectivity index (χ1) is 11.3. The molecule has 1 amide bonds. The summed E-state index contributed by atoms with van der Waals surface area (Å²) in [5.41, 5.74) is 2.44. The minimum Gasteiger partial charge on any atom is -0.377 e. The van der Waals surface area contributed by atoms with Gasteiger partial charge in [0.25, 0.3) is 5.91 Å². The van der Waals surface area contributed by atoms with Crippen LogP contribution in [-0.4, -0.2) is 72.6 Å². The lowest BCUT2D eigenvalue weighted by Gasteiger charge is -2.41. The summed E-state index contributed by atoms with van der Waals surface area (Å²) in [4.78, 5) is 14.9. The zero-order valence-electron chi connectivity index (χ0n) is 13.4. The number of morpholine rings is 1. The monoisotopic (exact) mass is 320 g/mol. The van der Waals surface area contributed by atoms with Gasteiger partial charge in [-0.15, -0.1) is 0 Å². The van der Waals surface area contributed by atoms with Crippen molar-refractivity contribution in [2.45, 2.75) is 31.3 Å². The van der Waals surface area contributed by atoms with Crippen LogP contribution in [0.2, 0.25) is 0 Å². The molecule has 0 aromatic carbocycles. The number of aromatic amines is 1. The third kappa shape index (κ3) is 2.88. The summed E-state index contributed by atoms with van der Waals surface area (Å²) < 4.78 is 11.6. The maximum absolute atomic E-state index is 13.0. The lowest BCUT2D eigenvalue weighted by atomic mass is 9.95. The lowest BCUT2D eigenvalue weighted by molar-refractivity contribution is -0.125. The van der Waals surface area contributed by atoms with Crippen LogP contribution in [0.5, 0.6) is 0 Å². The predicted molar refractivity (Wildman–Crippen MR) is 83.5 cm³/mol. The van der Waals surface area contributed by atoms with Crippen molar-refractivity contribution in [2.24, 2.45) is 0 Å². The van der Waals surface area contributed by atoms with Crippen LogP contribution in [0.3, 0.4) is 0 Å². The molecule has 126 valence electrons. The largest absolute Gasteiger partial charge is 0.377 e. The average Bonchev–Trinajstić information content (AvgIpc) is 2.89. The van der Waals surface area contributed by atoms with E-state index in [2.05, 4.69) is 15.5 Å². The molecule has 1 aromatic rings. The number of nitrogens with one attached hydrogen (secondary N) is 2. The van der Waals surface area contributed by atoms with Crippen LogP contribution in [0.4, 0.5) is 0 Å². The van der Waals surface area contributed by atoms with Gasteiger partial charge in [0.1, 0.15) is 5.60 Å². The van der Waals surface area contributed by atoms with Crippen LogP contribution in [0.25, 0.3) is 0 Å². The Balaban J connectivity index is 1.53. The second-order valence-corrected chi connectivity index (χ2v) is 6.72. The standard InChI is InChI=1S/C16H24N4O3/c21-15(14-12-3-1-2-4-13(12)18-19-14)20-6-8-23-16(10-20)9-17-5-7-22-11-16/h17H,1-11H2,(H,18,19). The van der Waals surface area contributed by atoms with Crippen LogP contribution >= 0.6 is 0 Å². The van der Waals surface area contributed by atoms with Crippen molar-refractivity contribution in [3.63, 3.8) is 0 Å². The van der Waals surface area contributed by atoms with Gasteiger partial charge in [0.15, 0.2) is 5.69 Å². The summed E-state index contributed by atoms with van der Waals surface area (Å²) in [5, 5.41) is 10.7. The molecule has 3 heterocycles. The number of ether oxygens (including phenoxy) is 2. The minimum atomic E-state index is -0.430. The van der Waals surface area contributed by atoms with Gasteiger partial charge in [-0.3, -0.25) is 9.89 Å². The zero-order valence-corrected chi connectivity index (χ0v) is 13.4. The number of hydrogen-bond donors (Lipinski definition) is 2. The fraction of sp³-hybridized carbons (Fsp3) is 0.750. The lowest BCUT2D eigenvalue weighted by Crippen LogP contribution is -2.59. The van der Waals surface area contributed by atoms with Crippen LogP contribution in [0, 0.1) is 0 Å². The van der Waals surface area contributed by atoms with Gasteiger partial charge in [-0.2, -0.15) is 5.10 Å². The maximum Gasteiger partial charge on any atom is 0.274 e. The Morgan fingerprint density at radius 2 is 2.17 bits per heavy atom. The molecule has 2 N–H and O–H groups in total. The third-order valence-electron chi connectivity index (χ3n) is 5.03. The molecule has 1 atom stereocenters. The quantitative estimate of drug-likeness (QED) is 0.768. The summed E-state index contributed by atoms with van der Waals surface area (Å²) in [7, 11) is 0. The summed E-state index contributed by atoms with van der Waals surface area (Å²) in [6.07, 6.45) is 4.26. The van der Waals surface area contributed by atoms with Gasteiger partial charge in [-0.25, -0.2) is 0 Å². The molecule has 1 unspecified atom stereocenters. The van der Waals surface area contributed by atoms with Crippen molar-refractivity contribution < 1.29 is 14.3 Å². The van der Waals surface area contributed by atoms with E-state index >= 15 is 0 Å². The highest BCUT2D eigenvalue weighted by Gasteiger charge is 2.40. The predicted octanol–water partition coefficient (Wildman–Crippen LogP) is 0.120. The molecule has 2 fully saturated rings. The zero-order chi connectivity index (χ0) is 15.7. The van der Waals surface area contributed by atoms with Crippen LogP contribution in [-0.2, 0) is 22.3 Å². The molecule has 4 rings (SSSR count). The highest BCUT2D eigenvalue weighted by atomic mass is 16.5. The average molecular weight is 320 g/mol. The molecular formula is C16H24N4O3. The van der Waals surface area contributed by atoms with Crippen molar-refractivity contribution >= 4 is 5.91 Å². The number of nitrogens with zero attached hydrogens (tertiary/aromatic N) is 2. The Labute approximate surface area is 135 Å². The highest BCUT2D eigenvalue weighted by molar-refractivity contribution is 5.94. The first-order valence-electron chi connectivity index (χ1n) is 8.55. The van der Waals surface area contributed by atoms with E-state index in [0.717, 1.165) is 43.6 Å². The molecule has 1 spiro atoms. The van der Waals surface area contributed by atoms with Crippen molar-refractivity contribution in [3.05, 3.63) is 17.0 Å². The van der Waals surface area contributed by atoms with E-state index in [1.54, 1.807) is 0 Å². The van der Waals surface area contributed by atoms with Crippen molar-refractivity contribution in [1.82, 2.24) is 20.4 Å². The Hall–Kier alpha value is -1.44. The Morgan fingerprint density at radius 3 is 3.13 bits per heavy atom. The molecule has 2 aliphatic heterocycles. The smallest absolute Gasteiger partial charge is 0.274 e. The Morgan fingerprint density at radius 1 is 1.26 bits per heavy atom. The number of rotatable bonds is 1. The summed E-state index contributed by atoms with van der Waals surface area (Å²) in [6.45, 7) is 4.47. The first kappa shape index (κ1) is 15.1. The number of amides is 1. The topological polar surface area (TPSA) is 79.5 Å². The number of H-pyrrole nitrogens is 1. The third-order valence-corrected chi connectivity index (χ3v) is 5.03. The Kier molecular flexibility index (Phi) is 4.09. The molecule has 0 bridgehead atoms. The molecule has 23 heavy (non-hydrogen) atoms. The van der Waals surface area contributed by atoms with Gasteiger partial charge < -0.3 is 19.7 Å². The van der Waals surface area contributed by atoms with Gasteiger partial charge in [-0.1, -0.05) is 0 Å². The van der Waals surface area contributed by atoms with E-state index in [1.807, 2.05) is 4.90 Å². The van der Waals surface area contributed by atoms with E-state index in [4.69, 9.17) is 9.47 Å². The van der Waals surface area contributed by atoms with E-state index < -0.39 is 5.60 Å². The van der Waals surface area contributed by atoms with Crippen molar-refractivity contribution in [3.8, 4) is 0 Å². The second-order valence-electron chi connectivity index (χ2n) is 6.72. The highest BCUT2D eigenvalue weighted by Crippen LogP contribution is 2.25. The van der Waals surface area contributed by atoms with Crippen molar-refractivity contribution in [2.75, 3.05) is 46.0 Å².